The first kappa shape index (κ1) is 18.7. The summed E-state index contributed by atoms with van der Waals surface area (Å²) in [6, 6.07) is 10.5. The summed E-state index contributed by atoms with van der Waals surface area (Å²) in [5, 5.41) is 0. The number of hydrogen-bond acceptors (Lipinski definition) is 1. The van der Waals surface area contributed by atoms with E-state index in [9.17, 15) is 4.79 Å². The van der Waals surface area contributed by atoms with Crippen molar-refractivity contribution in [3.63, 3.8) is 0 Å². The first-order chi connectivity index (χ1) is 10.9. The quantitative estimate of drug-likeness (QED) is 0.280. The van der Waals surface area contributed by atoms with Crippen LogP contribution in [0.3, 0.4) is 0 Å². The van der Waals surface area contributed by atoms with E-state index in [1.54, 1.807) is 0 Å². The molecule has 1 rings (SSSR count). The van der Waals surface area contributed by atoms with Crippen LogP contribution in [0.2, 0.25) is 0 Å². The number of aldehydes is 1. The summed E-state index contributed by atoms with van der Waals surface area (Å²) in [4.78, 5) is 10.2. The summed E-state index contributed by atoms with van der Waals surface area (Å²) in [5.74, 6) is 0. The normalized spacial score (nSPS) is 11.1. The van der Waals surface area contributed by atoms with E-state index in [0.717, 1.165) is 19.1 Å². The van der Waals surface area contributed by atoms with Crippen LogP contribution >= 0.6 is 0 Å². The highest BCUT2D eigenvalue weighted by molar-refractivity contribution is 5.49. The number of rotatable bonds is 14. The van der Waals surface area contributed by atoms with Crippen LogP contribution in [0.4, 0.5) is 0 Å². The van der Waals surface area contributed by atoms with Crippen LogP contribution in [0.5, 0.6) is 0 Å². The minimum atomic E-state index is 0.749. The molecule has 0 saturated carbocycles. The first-order valence-corrected chi connectivity index (χ1v) is 9.08. The third kappa shape index (κ3) is 11.3. The van der Waals surface area contributed by atoms with Crippen molar-refractivity contribution in [3.05, 3.63) is 42.0 Å². The Kier molecular flexibility index (Phi) is 12.4. The second-order valence-electron chi connectivity index (χ2n) is 6.09. The van der Waals surface area contributed by atoms with Gasteiger partial charge in [-0.05, 0) is 24.8 Å². The van der Waals surface area contributed by atoms with E-state index in [2.05, 4.69) is 42.5 Å². The largest absolute Gasteiger partial charge is 0.303 e. The van der Waals surface area contributed by atoms with Crippen LogP contribution in [0.15, 0.2) is 36.4 Å². The summed E-state index contributed by atoms with van der Waals surface area (Å²) in [6.07, 6.45) is 20.7. The van der Waals surface area contributed by atoms with Crippen molar-refractivity contribution in [2.45, 2.75) is 77.0 Å². The Labute approximate surface area is 136 Å². The van der Waals surface area contributed by atoms with E-state index < -0.39 is 0 Å². The van der Waals surface area contributed by atoms with Gasteiger partial charge in [0.15, 0.2) is 0 Å². The molecule has 1 nitrogen and oxygen atoms in total. The lowest BCUT2D eigenvalue weighted by molar-refractivity contribution is -0.107. The number of carbonyl (C=O) groups is 1. The summed E-state index contributed by atoms with van der Waals surface area (Å²) < 4.78 is 0. The van der Waals surface area contributed by atoms with Gasteiger partial charge in [-0.15, -0.1) is 0 Å². The van der Waals surface area contributed by atoms with Crippen molar-refractivity contribution in [2.24, 2.45) is 0 Å². The zero-order valence-corrected chi connectivity index (χ0v) is 14.0. The van der Waals surface area contributed by atoms with Gasteiger partial charge in [-0.3, -0.25) is 0 Å². The molecular formula is C21H32O. The molecule has 122 valence electrons. The lowest BCUT2D eigenvalue weighted by Gasteiger charge is -2.01. The highest BCUT2D eigenvalue weighted by Gasteiger charge is 1.93. The molecule has 0 aromatic heterocycles. The average Bonchev–Trinajstić information content (AvgIpc) is 2.56. The van der Waals surface area contributed by atoms with Crippen LogP contribution in [-0.4, -0.2) is 6.29 Å². The van der Waals surface area contributed by atoms with Gasteiger partial charge in [-0.2, -0.15) is 0 Å². The van der Waals surface area contributed by atoms with Gasteiger partial charge in [-0.1, -0.05) is 93.9 Å². The van der Waals surface area contributed by atoms with E-state index in [-0.39, 0.29) is 0 Å². The Balaban J connectivity index is 1.80. The van der Waals surface area contributed by atoms with E-state index in [0.29, 0.717) is 0 Å². The molecule has 1 aromatic rings. The van der Waals surface area contributed by atoms with E-state index in [1.165, 1.54) is 69.8 Å². The van der Waals surface area contributed by atoms with Crippen molar-refractivity contribution >= 4 is 12.4 Å². The standard InChI is InChI=1S/C21H32O/c22-20-16-11-9-7-5-3-1-2-4-6-8-10-13-17-21-18-14-12-15-19-21/h12-15,17-20H,1-11,16H2/b17-13-. The molecule has 0 bridgehead atoms. The molecule has 0 fully saturated rings. The molecule has 0 spiro atoms. The fourth-order valence-electron chi connectivity index (χ4n) is 2.69. The molecule has 22 heavy (non-hydrogen) atoms. The van der Waals surface area contributed by atoms with Crippen molar-refractivity contribution in [3.8, 4) is 0 Å². The molecule has 0 amide bonds. The maximum Gasteiger partial charge on any atom is 0.119 e. The van der Waals surface area contributed by atoms with Crippen molar-refractivity contribution in [1.29, 1.82) is 0 Å². The zero-order chi connectivity index (χ0) is 15.7. The van der Waals surface area contributed by atoms with Gasteiger partial charge in [0.25, 0.3) is 0 Å². The molecule has 0 heterocycles. The summed E-state index contributed by atoms with van der Waals surface area (Å²) in [6.45, 7) is 0. The van der Waals surface area contributed by atoms with Gasteiger partial charge < -0.3 is 4.79 Å². The van der Waals surface area contributed by atoms with Crippen LogP contribution in [0.1, 0.15) is 82.6 Å². The SMILES string of the molecule is O=CCCCCCCCCCCCC/C=C\c1ccccc1. The van der Waals surface area contributed by atoms with E-state index in [1.807, 2.05) is 0 Å². The van der Waals surface area contributed by atoms with Crippen LogP contribution in [0, 0.1) is 0 Å². The molecule has 0 saturated heterocycles. The lowest BCUT2D eigenvalue weighted by Crippen LogP contribution is -1.82. The predicted molar refractivity (Wildman–Crippen MR) is 96.9 cm³/mol. The molecule has 1 heteroatoms. The van der Waals surface area contributed by atoms with Crippen molar-refractivity contribution in [2.75, 3.05) is 0 Å². The summed E-state index contributed by atoms with van der Waals surface area (Å²) >= 11 is 0. The van der Waals surface area contributed by atoms with Crippen LogP contribution in [0.25, 0.3) is 6.08 Å². The van der Waals surface area contributed by atoms with Crippen molar-refractivity contribution in [1.82, 2.24) is 0 Å². The maximum absolute atomic E-state index is 10.2. The zero-order valence-electron chi connectivity index (χ0n) is 14.0. The predicted octanol–water partition coefficient (Wildman–Crippen LogP) is 6.58. The molecule has 0 aliphatic heterocycles. The number of unbranched alkanes of at least 4 members (excludes halogenated alkanes) is 11. The molecule has 1 aromatic carbocycles. The monoisotopic (exact) mass is 300 g/mol. The van der Waals surface area contributed by atoms with E-state index in [4.69, 9.17) is 0 Å². The van der Waals surface area contributed by atoms with Crippen molar-refractivity contribution < 1.29 is 4.79 Å². The number of hydrogen-bond donors (Lipinski definition) is 0. The number of benzene rings is 1. The van der Waals surface area contributed by atoms with Gasteiger partial charge in [0.05, 0.1) is 0 Å². The van der Waals surface area contributed by atoms with Gasteiger partial charge in [0.1, 0.15) is 6.29 Å². The minimum absolute atomic E-state index is 0.749. The first-order valence-electron chi connectivity index (χ1n) is 9.08. The summed E-state index contributed by atoms with van der Waals surface area (Å²) in [7, 11) is 0. The second kappa shape index (κ2) is 14.6. The highest BCUT2D eigenvalue weighted by Crippen LogP contribution is 2.12. The lowest BCUT2D eigenvalue weighted by atomic mass is 10.1. The fraction of sp³-hybridized carbons (Fsp3) is 0.571. The molecular weight excluding hydrogens is 268 g/mol. The van der Waals surface area contributed by atoms with Gasteiger partial charge >= 0.3 is 0 Å². The Morgan fingerprint density at radius 1 is 0.636 bits per heavy atom. The molecule has 0 radical (unpaired) electrons. The van der Waals surface area contributed by atoms with Gasteiger partial charge in [-0.25, -0.2) is 0 Å². The third-order valence-corrected chi connectivity index (χ3v) is 4.05. The summed E-state index contributed by atoms with van der Waals surface area (Å²) in [5.41, 5.74) is 1.30. The Hall–Kier alpha value is -1.37. The van der Waals surface area contributed by atoms with Crippen LogP contribution in [-0.2, 0) is 4.79 Å². The van der Waals surface area contributed by atoms with E-state index >= 15 is 0 Å². The molecule has 0 atom stereocenters. The molecule has 0 unspecified atom stereocenters. The minimum Gasteiger partial charge on any atom is -0.303 e. The molecule has 0 N–H and O–H groups in total. The van der Waals surface area contributed by atoms with Gasteiger partial charge in [0.2, 0.25) is 0 Å². The maximum atomic E-state index is 10.2. The average molecular weight is 300 g/mol. The molecule has 0 aliphatic carbocycles. The number of carbonyl (C=O) groups excluding carboxylic acids is 1. The Morgan fingerprint density at radius 3 is 1.68 bits per heavy atom. The smallest absolute Gasteiger partial charge is 0.119 e. The Bertz CT molecular complexity index is 380. The van der Waals surface area contributed by atoms with Crippen LogP contribution < -0.4 is 0 Å². The second-order valence-corrected chi connectivity index (χ2v) is 6.09. The number of allylic oxidation sites excluding steroid dienone is 1. The topological polar surface area (TPSA) is 17.1 Å². The van der Waals surface area contributed by atoms with Gasteiger partial charge in [0, 0.05) is 6.42 Å². The third-order valence-electron chi connectivity index (χ3n) is 4.05. The highest BCUT2D eigenvalue weighted by atomic mass is 16.1. The fourth-order valence-corrected chi connectivity index (χ4v) is 2.69. The molecule has 0 aliphatic rings. The Morgan fingerprint density at radius 2 is 1.14 bits per heavy atom.